The van der Waals surface area contributed by atoms with Crippen LogP contribution in [0.3, 0.4) is 0 Å². The number of fused-ring (bicyclic) bond motifs is 1. The number of nitrogen functional groups attached to an aromatic ring is 1. The van der Waals surface area contributed by atoms with Crippen LogP contribution < -0.4 is 15.8 Å². The molecule has 2 heterocycles. The topological polar surface area (TPSA) is 95.1 Å². The maximum Gasteiger partial charge on any atom is 0.256 e. The van der Waals surface area contributed by atoms with Crippen LogP contribution in [0.2, 0.25) is 0 Å². The van der Waals surface area contributed by atoms with Gasteiger partial charge in [-0.15, -0.1) is 24.8 Å². The van der Waals surface area contributed by atoms with E-state index in [1.165, 1.54) is 0 Å². The average Bonchev–Trinajstić information content (AvgIpc) is 3.00. The number of methoxy groups -OCH3 is 1. The Morgan fingerprint density at radius 3 is 2.39 bits per heavy atom. The Kier molecular flexibility index (Phi) is 8.34. The van der Waals surface area contributed by atoms with E-state index in [1.807, 2.05) is 17.7 Å². The molecule has 0 fully saturated rings. The summed E-state index contributed by atoms with van der Waals surface area (Å²) in [7, 11) is 1.57. The lowest BCUT2D eigenvalue weighted by atomic mass is 10.0. The Hall–Kier alpha value is -2.51. The Morgan fingerprint density at radius 1 is 1.19 bits per heavy atom. The molecule has 9 heteroatoms. The molecule has 1 aromatic carbocycles. The number of carbonyl (C=O) groups is 1. The molecule has 0 saturated carbocycles. The van der Waals surface area contributed by atoms with Crippen molar-refractivity contribution >= 4 is 53.1 Å². The summed E-state index contributed by atoms with van der Waals surface area (Å²) in [5.41, 5.74) is 9.62. The van der Waals surface area contributed by atoms with Gasteiger partial charge in [0, 0.05) is 11.8 Å². The number of rotatable bonds is 4. The van der Waals surface area contributed by atoms with Gasteiger partial charge in [-0.3, -0.25) is 4.79 Å². The van der Waals surface area contributed by atoms with E-state index in [1.54, 1.807) is 25.3 Å². The van der Waals surface area contributed by atoms with Crippen molar-refractivity contribution in [1.82, 2.24) is 14.8 Å². The van der Waals surface area contributed by atoms with Crippen molar-refractivity contribution in [2.24, 2.45) is 0 Å². The number of hydrogen-bond donors (Lipinski definition) is 2. The summed E-state index contributed by atoms with van der Waals surface area (Å²) in [6, 6.07) is 7.02. The summed E-state index contributed by atoms with van der Waals surface area (Å²) >= 11 is 0. The highest BCUT2D eigenvalue weighted by Gasteiger charge is 2.25. The first-order chi connectivity index (χ1) is 13.5. The third-order valence-corrected chi connectivity index (χ3v) is 4.81. The predicted octanol–water partition coefficient (Wildman–Crippen LogP) is 5.30. The Labute approximate surface area is 195 Å². The zero-order valence-corrected chi connectivity index (χ0v) is 20.6. The largest absolute Gasteiger partial charge is 0.497 e. The molecule has 170 valence electrons. The van der Waals surface area contributed by atoms with Crippen molar-refractivity contribution in [3.63, 3.8) is 0 Å². The third-order valence-electron chi connectivity index (χ3n) is 4.81. The summed E-state index contributed by atoms with van der Waals surface area (Å²) in [6.45, 7) is 12.2. The van der Waals surface area contributed by atoms with E-state index in [0.717, 1.165) is 16.8 Å². The molecule has 0 unspecified atom stereocenters. The van der Waals surface area contributed by atoms with Gasteiger partial charge < -0.3 is 15.8 Å². The number of hydrogen-bond acceptors (Lipinski definition) is 5. The quantitative estimate of drug-likeness (QED) is 0.507. The van der Waals surface area contributed by atoms with Gasteiger partial charge in [0.15, 0.2) is 5.65 Å². The molecule has 0 spiro atoms. The van der Waals surface area contributed by atoms with Gasteiger partial charge in [-0.2, -0.15) is 5.10 Å². The standard InChI is InChI=1S/C22H29N5O2.2ClH/c1-12(2)17-11-15(19-13(3)26-27(20(19)24-17)22(4,5)6)21(28)25-18-10-14(29-7)8-9-16(18)23;;/h8-12H,23H2,1-7H3,(H,25,28);2*1H. The van der Waals surface area contributed by atoms with E-state index in [9.17, 15) is 4.79 Å². The van der Waals surface area contributed by atoms with Crippen LogP contribution in [0, 0.1) is 6.92 Å². The summed E-state index contributed by atoms with van der Waals surface area (Å²) in [5, 5.41) is 8.36. The highest BCUT2D eigenvalue weighted by atomic mass is 35.5. The molecule has 0 bridgehead atoms. The van der Waals surface area contributed by atoms with Gasteiger partial charge in [0.05, 0.1) is 40.7 Å². The van der Waals surface area contributed by atoms with E-state index < -0.39 is 0 Å². The SMILES string of the molecule is COc1ccc(N)c(NC(=O)c2cc(C(C)C)nc3c2c(C)nn3C(C)(C)C)c1.Cl.Cl. The lowest BCUT2D eigenvalue weighted by Gasteiger charge is -2.20. The Morgan fingerprint density at radius 2 is 1.84 bits per heavy atom. The van der Waals surface area contributed by atoms with E-state index in [0.29, 0.717) is 28.3 Å². The summed E-state index contributed by atoms with van der Waals surface area (Å²) in [5.74, 6) is 0.529. The van der Waals surface area contributed by atoms with Crippen LogP contribution in [-0.2, 0) is 5.54 Å². The minimum absolute atomic E-state index is 0. The summed E-state index contributed by atoms with van der Waals surface area (Å²) < 4.78 is 7.14. The molecule has 3 N–H and O–H groups in total. The maximum atomic E-state index is 13.3. The zero-order chi connectivity index (χ0) is 21.5. The van der Waals surface area contributed by atoms with Crippen molar-refractivity contribution in [1.29, 1.82) is 0 Å². The molecule has 0 aliphatic carbocycles. The van der Waals surface area contributed by atoms with E-state index in [4.69, 9.17) is 15.5 Å². The Balaban J connectivity index is 0.00000240. The molecule has 0 atom stereocenters. The molecule has 2 aromatic heterocycles. The molecule has 31 heavy (non-hydrogen) atoms. The second-order valence-electron chi connectivity index (χ2n) is 8.52. The molecule has 3 aromatic rings. The molecule has 0 radical (unpaired) electrons. The second kappa shape index (κ2) is 9.75. The number of halogens is 2. The van der Waals surface area contributed by atoms with Crippen molar-refractivity contribution < 1.29 is 9.53 Å². The van der Waals surface area contributed by atoms with E-state index in [2.05, 4.69) is 45.0 Å². The minimum Gasteiger partial charge on any atom is -0.497 e. The van der Waals surface area contributed by atoms with Crippen molar-refractivity contribution in [2.75, 3.05) is 18.2 Å². The van der Waals surface area contributed by atoms with Gasteiger partial charge >= 0.3 is 0 Å². The smallest absolute Gasteiger partial charge is 0.256 e. The highest BCUT2D eigenvalue weighted by Crippen LogP contribution is 2.30. The number of amides is 1. The number of benzene rings is 1. The first kappa shape index (κ1) is 26.5. The third kappa shape index (κ3) is 5.22. The van der Waals surface area contributed by atoms with Gasteiger partial charge in [-0.1, -0.05) is 13.8 Å². The number of nitrogens with zero attached hydrogens (tertiary/aromatic N) is 3. The first-order valence-electron chi connectivity index (χ1n) is 9.68. The van der Waals surface area contributed by atoms with Crippen molar-refractivity contribution in [2.45, 2.75) is 53.0 Å². The number of nitrogens with one attached hydrogen (secondary N) is 1. The second-order valence-corrected chi connectivity index (χ2v) is 8.52. The van der Waals surface area contributed by atoms with Crippen LogP contribution in [-0.4, -0.2) is 27.8 Å². The number of ether oxygens (including phenoxy) is 1. The average molecular weight is 468 g/mol. The summed E-state index contributed by atoms with van der Waals surface area (Å²) in [6.07, 6.45) is 0. The molecular weight excluding hydrogens is 437 g/mol. The fourth-order valence-corrected chi connectivity index (χ4v) is 3.21. The lowest BCUT2D eigenvalue weighted by Crippen LogP contribution is -2.24. The normalized spacial score (nSPS) is 11.1. The van der Waals surface area contributed by atoms with Gasteiger partial charge in [0.25, 0.3) is 5.91 Å². The van der Waals surface area contributed by atoms with Crippen LogP contribution in [0.15, 0.2) is 24.3 Å². The van der Waals surface area contributed by atoms with E-state index >= 15 is 0 Å². The number of aryl methyl sites for hydroxylation is 1. The van der Waals surface area contributed by atoms with Gasteiger partial charge in [-0.05, 0) is 51.8 Å². The van der Waals surface area contributed by atoms with Crippen molar-refractivity contribution in [3.8, 4) is 5.75 Å². The number of carbonyl (C=O) groups excluding carboxylic acids is 1. The van der Waals surface area contributed by atoms with Gasteiger partial charge in [0.2, 0.25) is 0 Å². The number of anilines is 2. The molecule has 7 nitrogen and oxygen atoms in total. The fraction of sp³-hybridized carbons (Fsp3) is 0.409. The molecular formula is C22H31Cl2N5O2. The van der Waals surface area contributed by atoms with Crippen LogP contribution in [0.25, 0.3) is 11.0 Å². The highest BCUT2D eigenvalue weighted by molar-refractivity contribution is 6.13. The van der Waals surface area contributed by atoms with Gasteiger partial charge in [0.1, 0.15) is 5.75 Å². The zero-order valence-electron chi connectivity index (χ0n) is 18.9. The van der Waals surface area contributed by atoms with Crippen molar-refractivity contribution in [3.05, 3.63) is 41.2 Å². The van der Waals surface area contributed by atoms with Crippen LogP contribution in [0.4, 0.5) is 11.4 Å². The molecule has 0 aliphatic rings. The fourth-order valence-electron chi connectivity index (χ4n) is 3.21. The Bertz CT molecular complexity index is 1090. The van der Waals surface area contributed by atoms with Crippen LogP contribution >= 0.6 is 24.8 Å². The number of aromatic nitrogens is 3. The monoisotopic (exact) mass is 467 g/mol. The lowest BCUT2D eigenvalue weighted by molar-refractivity contribution is 0.102. The first-order valence-corrected chi connectivity index (χ1v) is 9.68. The van der Waals surface area contributed by atoms with Gasteiger partial charge in [-0.25, -0.2) is 9.67 Å². The van der Waals surface area contributed by atoms with E-state index in [-0.39, 0.29) is 42.2 Å². The molecule has 1 amide bonds. The maximum absolute atomic E-state index is 13.3. The molecule has 3 rings (SSSR count). The molecule has 0 aliphatic heterocycles. The number of nitrogens with two attached hydrogens (primary N) is 1. The van der Waals surface area contributed by atoms with Crippen LogP contribution in [0.1, 0.15) is 62.3 Å². The summed E-state index contributed by atoms with van der Waals surface area (Å²) in [4.78, 5) is 18.1. The molecule has 0 saturated heterocycles. The number of pyridine rings is 1. The van der Waals surface area contributed by atoms with Crippen LogP contribution in [0.5, 0.6) is 5.75 Å². The predicted molar refractivity (Wildman–Crippen MR) is 131 cm³/mol. The minimum atomic E-state index is -0.264.